The van der Waals surface area contributed by atoms with E-state index in [-0.39, 0.29) is 5.41 Å². The van der Waals surface area contributed by atoms with Gasteiger partial charge in [0.1, 0.15) is 0 Å². The Labute approximate surface area is 103 Å². The van der Waals surface area contributed by atoms with Crippen LogP contribution < -0.4 is 10.5 Å². The van der Waals surface area contributed by atoms with Crippen molar-refractivity contribution >= 4 is 0 Å². The number of rotatable bonds is 4. The van der Waals surface area contributed by atoms with Crippen molar-refractivity contribution in [3.63, 3.8) is 0 Å². The summed E-state index contributed by atoms with van der Waals surface area (Å²) < 4.78 is 5.32. The van der Waals surface area contributed by atoms with E-state index in [0.29, 0.717) is 0 Å². The van der Waals surface area contributed by atoms with Gasteiger partial charge in [-0.15, -0.1) is 0 Å². The summed E-state index contributed by atoms with van der Waals surface area (Å²) in [7, 11) is 1.68. The molecule has 1 aliphatic rings. The Morgan fingerprint density at radius 3 is 3.00 bits per heavy atom. The maximum atomic E-state index is 6.01. The van der Waals surface area contributed by atoms with Gasteiger partial charge in [0.05, 0.1) is 7.11 Å². The van der Waals surface area contributed by atoms with Crippen molar-refractivity contribution in [2.24, 2.45) is 17.1 Å². The lowest BCUT2D eigenvalue weighted by Gasteiger charge is -2.28. The van der Waals surface area contributed by atoms with Crippen LogP contribution in [0, 0.1) is 11.3 Å². The van der Waals surface area contributed by atoms with Gasteiger partial charge in [-0.05, 0) is 43.2 Å². The first-order chi connectivity index (χ1) is 8.19. The van der Waals surface area contributed by atoms with E-state index < -0.39 is 0 Å². The highest BCUT2D eigenvalue weighted by Crippen LogP contribution is 2.44. The second-order valence-corrected chi connectivity index (χ2v) is 5.40. The molecule has 2 N–H and O–H groups in total. The fourth-order valence-electron chi connectivity index (χ4n) is 3.06. The SMILES string of the molecule is COc1ncccc1CC1(CN)CCC(C)C1. The average molecular weight is 234 g/mol. The zero-order chi connectivity index (χ0) is 12.3. The molecule has 3 nitrogen and oxygen atoms in total. The van der Waals surface area contributed by atoms with Gasteiger partial charge in [0, 0.05) is 11.8 Å². The first-order valence-electron chi connectivity index (χ1n) is 6.37. The molecule has 1 saturated carbocycles. The Balaban J connectivity index is 2.18. The van der Waals surface area contributed by atoms with E-state index in [9.17, 15) is 0 Å². The predicted molar refractivity (Wildman–Crippen MR) is 69.0 cm³/mol. The van der Waals surface area contributed by atoms with Crippen LogP contribution in [0.4, 0.5) is 0 Å². The Morgan fingerprint density at radius 2 is 2.41 bits per heavy atom. The average Bonchev–Trinajstić information content (AvgIpc) is 2.72. The number of pyridine rings is 1. The third-order valence-corrected chi connectivity index (χ3v) is 3.99. The minimum absolute atomic E-state index is 0.260. The Hall–Kier alpha value is -1.09. The van der Waals surface area contributed by atoms with Crippen molar-refractivity contribution in [2.45, 2.75) is 32.6 Å². The highest BCUT2D eigenvalue weighted by atomic mass is 16.5. The van der Waals surface area contributed by atoms with Crippen LogP contribution in [-0.4, -0.2) is 18.6 Å². The van der Waals surface area contributed by atoms with Gasteiger partial charge >= 0.3 is 0 Å². The Kier molecular flexibility index (Phi) is 3.67. The van der Waals surface area contributed by atoms with Gasteiger partial charge in [-0.1, -0.05) is 19.4 Å². The van der Waals surface area contributed by atoms with Gasteiger partial charge < -0.3 is 10.5 Å². The van der Waals surface area contributed by atoms with Gasteiger partial charge in [0.25, 0.3) is 0 Å². The van der Waals surface area contributed by atoms with Crippen molar-refractivity contribution < 1.29 is 4.74 Å². The number of hydrogen-bond acceptors (Lipinski definition) is 3. The molecule has 2 rings (SSSR count). The first kappa shape index (κ1) is 12.4. The molecule has 94 valence electrons. The van der Waals surface area contributed by atoms with Gasteiger partial charge in [0.15, 0.2) is 0 Å². The standard InChI is InChI=1S/C14H22N2O/c1-11-5-6-14(8-11,10-15)9-12-4-3-7-16-13(12)17-2/h3-4,7,11H,5-6,8-10,15H2,1-2H3. The summed E-state index contributed by atoms with van der Waals surface area (Å²) in [6.45, 7) is 3.08. The highest BCUT2D eigenvalue weighted by Gasteiger charge is 2.36. The molecule has 0 saturated heterocycles. The van der Waals surface area contributed by atoms with Crippen molar-refractivity contribution in [2.75, 3.05) is 13.7 Å². The first-order valence-corrected chi connectivity index (χ1v) is 6.37. The topological polar surface area (TPSA) is 48.1 Å². The number of nitrogens with zero attached hydrogens (tertiary/aromatic N) is 1. The predicted octanol–water partition coefficient (Wildman–Crippen LogP) is 2.40. The molecular weight excluding hydrogens is 212 g/mol. The van der Waals surface area contributed by atoms with E-state index in [1.807, 2.05) is 6.07 Å². The number of ether oxygens (including phenoxy) is 1. The van der Waals surface area contributed by atoms with Crippen LogP contribution in [0.5, 0.6) is 5.88 Å². The van der Waals surface area contributed by atoms with Crippen molar-refractivity contribution in [3.8, 4) is 5.88 Å². The maximum absolute atomic E-state index is 6.01. The van der Waals surface area contributed by atoms with Crippen molar-refractivity contribution in [1.82, 2.24) is 4.98 Å². The molecule has 2 unspecified atom stereocenters. The smallest absolute Gasteiger partial charge is 0.216 e. The van der Waals surface area contributed by atoms with Crippen molar-refractivity contribution in [1.29, 1.82) is 0 Å². The summed E-state index contributed by atoms with van der Waals surface area (Å²) >= 11 is 0. The van der Waals surface area contributed by atoms with E-state index in [0.717, 1.165) is 24.8 Å². The highest BCUT2D eigenvalue weighted by molar-refractivity contribution is 5.27. The molecule has 0 bridgehead atoms. The third kappa shape index (κ3) is 2.60. The minimum atomic E-state index is 0.260. The molecule has 2 atom stereocenters. The van der Waals surface area contributed by atoms with Crippen LogP contribution in [0.1, 0.15) is 31.7 Å². The number of nitrogens with two attached hydrogens (primary N) is 1. The zero-order valence-electron chi connectivity index (χ0n) is 10.8. The molecule has 1 aromatic heterocycles. The zero-order valence-corrected chi connectivity index (χ0v) is 10.8. The molecule has 1 aliphatic carbocycles. The monoisotopic (exact) mass is 234 g/mol. The summed E-state index contributed by atoms with van der Waals surface area (Å²) in [6, 6.07) is 4.08. The summed E-state index contributed by atoms with van der Waals surface area (Å²) in [6.07, 6.45) is 6.50. The molecule has 1 aromatic rings. The largest absolute Gasteiger partial charge is 0.481 e. The number of methoxy groups -OCH3 is 1. The minimum Gasteiger partial charge on any atom is -0.481 e. The summed E-state index contributed by atoms with van der Waals surface area (Å²) in [5, 5.41) is 0. The second kappa shape index (κ2) is 5.05. The molecule has 0 aliphatic heterocycles. The lowest BCUT2D eigenvalue weighted by molar-refractivity contribution is 0.288. The van der Waals surface area contributed by atoms with E-state index in [1.54, 1.807) is 13.3 Å². The molecule has 0 spiro atoms. The van der Waals surface area contributed by atoms with Crippen LogP contribution in [0.3, 0.4) is 0 Å². The molecule has 0 amide bonds. The fraction of sp³-hybridized carbons (Fsp3) is 0.643. The van der Waals surface area contributed by atoms with Gasteiger partial charge in [-0.2, -0.15) is 0 Å². The van der Waals surface area contributed by atoms with Crippen LogP contribution in [0.2, 0.25) is 0 Å². The van der Waals surface area contributed by atoms with Crippen LogP contribution in [0.25, 0.3) is 0 Å². The van der Waals surface area contributed by atoms with E-state index in [2.05, 4.69) is 18.0 Å². The lowest BCUT2D eigenvalue weighted by Crippen LogP contribution is -2.30. The second-order valence-electron chi connectivity index (χ2n) is 5.40. The Morgan fingerprint density at radius 1 is 1.59 bits per heavy atom. The quantitative estimate of drug-likeness (QED) is 0.870. The van der Waals surface area contributed by atoms with Gasteiger partial charge in [-0.3, -0.25) is 0 Å². The number of hydrogen-bond donors (Lipinski definition) is 1. The summed E-state index contributed by atoms with van der Waals surface area (Å²) in [4.78, 5) is 4.26. The van der Waals surface area contributed by atoms with Gasteiger partial charge in [0.2, 0.25) is 5.88 Å². The molecule has 0 aromatic carbocycles. The fourth-order valence-corrected chi connectivity index (χ4v) is 3.06. The maximum Gasteiger partial charge on any atom is 0.216 e. The van der Waals surface area contributed by atoms with Crippen LogP contribution >= 0.6 is 0 Å². The van der Waals surface area contributed by atoms with Gasteiger partial charge in [-0.25, -0.2) is 4.98 Å². The molecule has 3 heteroatoms. The molecule has 1 heterocycles. The molecular formula is C14H22N2O. The summed E-state index contributed by atoms with van der Waals surface area (Å²) in [5.41, 5.74) is 7.46. The lowest BCUT2D eigenvalue weighted by atomic mass is 9.79. The number of aromatic nitrogens is 1. The Bertz CT molecular complexity index is 380. The van der Waals surface area contributed by atoms with E-state index in [4.69, 9.17) is 10.5 Å². The normalized spacial score (nSPS) is 28.3. The molecule has 17 heavy (non-hydrogen) atoms. The van der Waals surface area contributed by atoms with E-state index in [1.165, 1.54) is 24.8 Å². The molecule has 1 fully saturated rings. The third-order valence-electron chi connectivity index (χ3n) is 3.99. The summed E-state index contributed by atoms with van der Waals surface area (Å²) in [5.74, 6) is 1.54. The van der Waals surface area contributed by atoms with Crippen molar-refractivity contribution in [3.05, 3.63) is 23.9 Å². The molecule has 0 radical (unpaired) electrons. The van der Waals surface area contributed by atoms with Crippen LogP contribution in [0.15, 0.2) is 18.3 Å². The van der Waals surface area contributed by atoms with E-state index >= 15 is 0 Å². The van der Waals surface area contributed by atoms with Crippen LogP contribution in [-0.2, 0) is 6.42 Å².